The van der Waals surface area contributed by atoms with Crippen LogP contribution in [0.2, 0.25) is 0 Å². The summed E-state index contributed by atoms with van der Waals surface area (Å²) in [6, 6.07) is 5.30. The normalized spacial score (nSPS) is 31.5. The van der Waals surface area contributed by atoms with Crippen molar-refractivity contribution in [1.82, 2.24) is 0 Å². The number of hydrogen-bond acceptors (Lipinski definition) is 19. The van der Waals surface area contributed by atoms with Crippen molar-refractivity contribution in [3.05, 3.63) is 42.2 Å². The third-order valence-electron chi connectivity index (χ3n) is 8.32. The standard InChI is InChI=1S/C34H40O19/c1-15(35)45-13-24-27(48-18(4)38)28(49-19(5)39)29(50-20(6)40)33(51-24)53-32-25-23(11-12-44-32)26(30(41)34(25,43)14-46-16(2)36)52-31(42)21-7-9-22(10-8-21)47-17(3)37/h7-12,23-30,32-33,41,43H,13-14H2,1-6H3/t23-,24-,25-,26+,27-,28+,29-,30-,32-,33+,34+/m1/s1. The third-order valence-corrected chi connectivity index (χ3v) is 8.32. The van der Waals surface area contributed by atoms with Crippen molar-refractivity contribution in [2.75, 3.05) is 13.2 Å². The summed E-state index contributed by atoms with van der Waals surface area (Å²) in [5, 5.41) is 23.6. The van der Waals surface area contributed by atoms with Crippen LogP contribution in [0.3, 0.4) is 0 Å². The summed E-state index contributed by atoms with van der Waals surface area (Å²) in [4.78, 5) is 84.9. The van der Waals surface area contributed by atoms with E-state index in [9.17, 15) is 43.8 Å². The van der Waals surface area contributed by atoms with Gasteiger partial charge in [0.05, 0.1) is 17.7 Å². The molecule has 4 rings (SSSR count). The van der Waals surface area contributed by atoms with Crippen molar-refractivity contribution in [2.45, 2.75) is 96.3 Å². The number of carbonyl (C=O) groups excluding carboxylic acids is 7. The molecule has 1 aromatic rings. The quantitative estimate of drug-likeness (QED) is 0.162. The highest BCUT2D eigenvalue weighted by Crippen LogP contribution is 2.49. The zero-order valence-electron chi connectivity index (χ0n) is 29.5. The lowest BCUT2D eigenvalue weighted by Gasteiger charge is -2.46. The fourth-order valence-corrected chi connectivity index (χ4v) is 6.28. The summed E-state index contributed by atoms with van der Waals surface area (Å²) in [5.74, 6) is -8.15. The fraction of sp³-hybridized carbons (Fsp3) is 0.559. The smallest absolute Gasteiger partial charge is 0.338 e. The molecule has 0 bridgehead atoms. The zero-order valence-corrected chi connectivity index (χ0v) is 29.5. The van der Waals surface area contributed by atoms with Crippen LogP contribution in [0.1, 0.15) is 51.9 Å². The number of fused-ring (bicyclic) bond motifs is 1. The minimum Gasteiger partial charge on any atom is -0.472 e. The first-order chi connectivity index (χ1) is 24.9. The molecule has 1 saturated carbocycles. The average molecular weight is 753 g/mol. The molecule has 2 fully saturated rings. The van der Waals surface area contributed by atoms with E-state index in [0.717, 1.165) is 40.9 Å². The van der Waals surface area contributed by atoms with Gasteiger partial charge in [0.25, 0.3) is 0 Å². The van der Waals surface area contributed by atoms with Gasteiger partial charge in [-0.15, -0.1) is 0 Å². The Bertz CT molecular complexity index is 1590. The lowest BCUT2D eigenvalue weighted by Crippen LogP contribution is -2.64. The fourth-order valence-electron chi connectivity index (χ4n) is 6.28. The van der Waals surface area contributed by atoms with Gasteiger partial charge in [-0.3, -0.25) is 28.8 Å². The number of aliphatic hydroxyl groups is 2. The highest BCUT2D eigenvalue weighted by atomic mass is 16.8. The van der Waals surface area contributed by atoms with Gasteiger partial charge in [0.15, 0.2) is 18.3 Å². The van der Waals surface area contributed by atoms with Gasteiger partial charge >= 0.3 is 41.8 Å². The van der Waals surface area contributed by atoms with E-state index in [1.54, 1.807) is 0 Å². The molecule has 19 nitrogen and oxygen atoms in total. The summed E-state index contributed by atoms with van der Waals surface area (Å²) in [6.45, 7) is 5.06. The van der Waals surface area contributed by atoms with Crippen LogP contribution in [-0.4, -0.2) is 120 Å². The van der Waals surface area contributed by atoms with Gasteiger partial charge in [0.1, 0.15) is 42.9 Å². The van der Waals surface area contributed by atoms with E-state index in [2.05, 4.69) is 0 Å². The van der Waals surface area contributed by atoms with Crippen LogP contribution < -0.4 is 4.74 Å². The first-order valence-electron chi connectivity index (χ1n) is 16.2. The Morgan fingerprint density at radius 1 is 0.698 bits per heavy atom. The number of hydrogen-bond donors (Lipinski definition) is 2. The van der Waals surface area contributed by atoms with Gasteiger partial charge in [-0.05, 0) is 30.3 Å². The largest absolute Gasteiger partial charge is 0.472 e. The molecule has 290 valence electrons. The summed E-state index contributed by atoms with van der Waals surface area (Å²) in [6.07, 6.45) is -10.6. The highest BCUT2D eigenvalue weighted by Gasteiger charge is 2.66. The highest BCUT2D eigenvalue weighted by molar-refractivity contribution is 5.89. The number of carbonyl (C=O) groups is 7. The lowest BCUT2D eigenvalue weighted by molar-refractivity contribution is -0.350. The van der Waals surface area contributed by atoms with Crippen molar-refractivity contribution in [2.24, 2.45) is 11.8 Å². The number of benzene rings is 1. The summed E-state index contributed by atoms with van der Waals surface area (Å²) in [7, 11) is 0. The topological polar surface area (TPSA) is 252 Å². The Labute approximate surface area is 302 Å². The monoisotopic (exact) mass is 752 g/mol. The van der Waals surface area contributed by atoms with Gasteiger partial charge in [-0.1, -0.05) is 0 Å². The predicted molar refractivity (Wildman–Crippen MR) is 169 cm³/mol. The third kappa shape index (κ3) is 9.86. The molecule has 1 saturated heterocycles. The molecule has 2 heterocycles. The maximum atomic E-state index is 13.3. The molecular weight excluding hydrogens is 712 g/mol. The molecule has 0 unspecified atom stereocenters. The van der Waals surface area contributed by atoms with Crippen molar-refractivity contribution >= 4 is 41.8 Å². The van der Waals surface area contributed by atoms with Crippen molar-refractivity contribution < 1.29 is 91.1 Å². The van der Waals surface area contributed by atoms with Gasteiger partial charge < -0.3 is 57.6 Å². The van der Waals surface area contributed by atoms with E-state index in [-0.39, 0.29) is 11.3 Å². The molecule has 0 amide bonds. The SMILES string of the molecule is CC(=O)OC[C@H]1O[C@@H](O[C@H]2OC=C[C@H]3[C@H](OC(=O)c4ccc(OC(C)=O)cc4)[C@@H](O)[C@](O)(COC(C)=O)[C@@H]23)[C@H](OC(C)=O)[C@@H](OC(C)=O)[C@@H]1OC(C)=O. The van der Waals surface area contributed by atoms with E-state index in [1.807, 2.05) is 0 Å². The van der Waals surface area contributed by atoms with Crippen LogP contribution in [0.25, 0.3) is 0 Å². The van der Waals surface area contributed by atoms with Crippen LogP contribution in [-0.2, 0) is 71.4 Å². The van der Waals surface area contributed by atoms with Crippen LogP contribution in [0.5, 0.6) is 5.75 Å². The maximum absolute atomic E-state index is 13.3. The Morgan fingerprint density at radius 2 is 1.28 bits per heavy atom. The van der Waals surface area contributed by atoms with E-state index in [4.69, 9.17) is 47.4 Å². The predicted octanol–water partition coefficient (Wildman–Crippen LogP) is 0.00810. The lowest BCUT2D eigenvalue weighted by atomic mass is 9.83. The molecular formula is C34H40O19. The number of ether oxygens (including phenoxy) is 10. The van der Waals surface area contributed by atoms with Gasteiger partial charge in [-0.25, -0.2) is 4.79 Å². The Kier molecular flexibility index (Phi) is 13.2. The molecule has 0 aromatic heterocycles. The second kappa shape index (κ2) is 17.1. The number of aliphatic hydroxyl groups excluding tert-OH is 1. The molecule has 19 heteroatoms. The minimum absolute atomic E-state index is 0.0126. The molecule has 0 radical (unpaired) electrons. The number of esters is 7. The second-order valence-corrected chi connectivity index (χ2v) is 12.3. The van der Waals surface area contributed by atoms with E-state index >= 15 is 0 Å². The van der Waals surface area contributed by atoms with E-state index in [0.29, 0.717) is 0 Å². The Hall–Kier alpha value is -5.11. The van der Waals surface area contributed by atoms with Crippen LogP contribution in [0, 0.1) is 11.8 Å². The molecule has 11 atom stereocenters. The van der Waals surface area contributed by atoms with Gasteiger partial charge in [0, 0.05) is 47.5 Å². The molecule has 1 aliphatic carbocycles. The Balaban J connectivity index is 1.71. The van der Waals surface area contributed by atoms with Gasteiger partial charge in [-0.2, -0.15) is 0 Å². The molecule has 2 aliphatic heterocycles. The minimum atomic E-state index is -2.44. The van der Waals surface area contributed by atoms with Crippen LogP contribution >= 0.6 is 0 Å². The van der Waals surface area contributed by atoms with E-state index < -0.39 is 122 Å². The summed E-state index contributed by atoms with van der Waals surface area (Å²) < 4.78 is 55.0. The van der Waals surface area contributed by atoms with Crippen LogP contribution in [0.4, 0.5) is 0 Å². The van der Waals surface area contributed by atoms with Crippen LogP contribution in [0.15, 0.2) is 36.6 Å². The first-order valence-corrected chi connectivity index (χ1v) is 16.2. The van der Waals surface area contributed by atoms with Crippen molar-refractivity contribution in [1.29, 1.82) is 0 Å². The molecule has 1 aromatic carbocycles. The molecule has 53 heavy (non-hydrogen) atoms. The average Bonchev–Trinajstić information content (AvgIpc) is 3.27. The number of rotatable bonds is 12. The first kappa shape index (κ1) is 40.7. The molecule has 2 N–H and O–H groups in total. The van der Waals surface area contributed by atoms with Crippen molar-refractivity contribution in [3.63, 3.8) is 0 Å². The second-order valence-electron chi connectivity index (χ2n) is 12.3. The van der Waals surface area contributed by atoms with Gasteiger partial charge in [0.2, 0.25) is 12.6 Å². The maximum Gasteiger partial charge on any atom is 0.338 e. The Morgan fingerprint density at radius 3 is 1.85 bits per heavy atom. The zero-order chi connectivity index (χ0) is 39.2. The molecule has 3 aliphatic rings. The summed E-state index contributed by atoms with van der Waals surface area (Å²) in [5.41, 5.74) is -2.45. The van der Waals surface area contributed by atoms with E-state index in [1.165, 1.54) is 37.3 Å². The summed E-state index contributed by atoms with van der Waals surface area (Å²) >= 11 is 0. The molecule has 0 spiro atoms. The van der Waals surface area contributed by atoms with Crippen molar-refractivity contribution in [3.8, 4) is 5.75 Å².